The lowest BCUT2D eigenvalue weighted by Gasteiger charge is -2.06. The van der Waals surface area contributed by atoms with E-state index in [0.29, 0.717) is 6.54 Å². The molecule has 0 saturated heterocycles. The number of nitrogens with two attached hydrogens (primary N) is 1. The van der Waals surface area contributed by atoms with Crippen LogP contribution < -0.4 is 10.6 Å². The van der Waals surface area contributed by atoms with Crippen LogP contribution in [-0.4, -0.2) is 30.3 Å². The summed E-state index contributed by atoms with van der Waals surface area (Å²) in [6.07, 6.45) is 1.51. The van der Waals surface area contributed by atoms with Crippen molar-refractivity contribution >= 4 is 33.7 Å². The summed E-state index contributed by atoms with van der Waals surface area (Å²) < 4.78 is 25.0. The molecule has 1 amide bonds. The Morgan fingerprint density at radius 2 is 1.87 bits per heavy atom. The van der Waals surface area contributed by atoms with Crippen molar-refractivity contribution in [3.63, 3.8) is 0 Å². The number of nitrogens with zero attached hydrogens (tertiary/aromatic N) is 3. The maximum absolute atomic E-state index is 12.3. The number of nitrogens with one attached hydrogen (secondary N) is 1. The second kappa shape index (κ2) is 9.01. The number of hydrazone groups is 1. The summed E-state index contributed by atoms with van der Waals surface area (Å²) >= 11 is 5.84. The molecule has 162 valence electrons. The maximum atomic E-state index is 12.3. The van der Waals surface area contributed by atoms with E-state index in [1.54, 1.807) is 0 Å². The number of sulfonamides is 1. The Morgan fingerprint density at radius 3 is 2.52 bits per heavy atom. The molecule has 2 aromatic carbocycles. The summed E-state index contributed by atoms with van der Waals surface area (Å²) in [4.78, 5) is 12.0. The summed E-state index contributed by atoms with van der Waals surface area (Å²) in [5.41, 5.74) is 7.22. The van der Waals surface area contributed by atoms with Gasteiger partial charge in [0.2, 0.25) is 10.0 Å². The average molecular weight is 460 g/mol. The molecule has 0 unspecified atom stereocenters. The second-order valence-electron chi connectivity index (χ2n) is 7.12. The van der Waals surface area contributed by atoms with Crippen LogP contribution in [0.3, 0.4) is 0 Å². The molecule has 10 heteroatoms. The van der Waals surface area contributed by atoms with Gasteiger partial charge in [0.25, 0.3) is 5.91 Å². The van der Waals surface area contributed by atoms with Crippen molar-refractivity contribution in [2.24, 2.45) is 10.2 Å². The highest BCUT2D eigenvalue weighted by Crippen LogP contribution is 2.21. The van der Waals surface area contributed by atoms with Gasteiger partial charge < -0.3 is 0 Å². The minimum atomic E-state index is -4.05. The van der Waals surface area contributed by atoms with Crippen molar-refractivity contribution in [3.05, 3.63) is 81.1 Å². The second-order valence-corrected chi connectivity index (χ2v) is 9.05. The zero-order valence-corrected chi connectivity index (χ0v) is 18.8. The van der Waals surface area contributed by atoms with E-state index in [9.17, 15) is 13.2 Å². The molecule has 1 heterocycles. The molecule has 3 rings (SSSR count). The number of amides is 1. The van der Waals surface area contributed by atoms with Crippen LogP contribution in [0.1, 0.15) is 38.4 Å². The molecule has 31 heavy (non-hydrogen) atoms. The van der Waals surface area contributed by atoms with Crippen LogP contribution in [0.15, 0.2) is 52.5 Å². The number of aromatic nitrogens is 2. The third kappa shape index (κ3) is 5.38. The van der Waals surface area contributed by atoms with Gasteiger partial charge in [-0.25, -0.2) is 19.0 Å². The highest BCUT2D eigenvalue weighted by molar-refractivity contribution is 7.89. The molecule has 8 nitrogen and oxygen atoms in total. The van der Waals surface area contributed by atoms with Crippen LogP contribution in [0.4, 0.5) is 0 Å². The Balaban J connectivity index is 1.75. The van der Waals surface area contributed by atoms with Crippen molar-refractivity contribution in [2.75, 3.05) is 0 Å². The fraction of sp³-hybridized carbons (Fsp3) is 0.190. The van der Waals surface area contributed by atoms with E-state index in [-0.39, 0.29) is 15.5 Å². The molecule has 0 bridgehead atoms. The van der Waals surface area contributed by atoms with Crippen LogP contribution in [0.25, 0.3) is 0 Å². The summed E-state index contributed by atoms with van der Waals surface area (Å²) in [6, 6.07) is 12.0. The smallest absolute Gasteiger partial charge is 0.267 e. The summed E-state index contributed by atoms with van der Waals surface area (Å²) in [5, 5.41) is 13.6. The maximum Gasteiger partial charge on any atom is 0.271 e. The number of rotatable bonds is 6. The molecule has 0 radical (unpaired) electrons. The van der Waals surface area contributed by atoms with Gasteiger partial charge in [-0.1, -0.05) is 41.4 Å². The molecule has 0 spiro atoms. The molecule has 3 N–H and O–H groups in total. The van der Waals surface area contributed by atoms with Gasteiger partial charge in [-0.15, -0.1) is 0 Å². The first-order valence-corrected chi connectivity index (χ1v) is 11.2. The van der Waals surface area contributed by atoms with Crippen LogP contribution in [0, 0.1) is 20.8 Å². The van der Waals surface area contributed by atoms with Crippen molar-refractivity contribution in [2.45, 2.75) is 32.2 Å². The van der Waals surface area contributed by atoms with E-state index in [1.807, 2.05) is 25.5 Å². The van der Waals surface area contributed by atoms with Crippen molar-refractivity contribution in [3.8, 4) is 0 Å². The van der Waals surface area contributed by atoms with E-state index in [4.69, 9.17) is 16.7 Å². The van der Waals surface area contributed by atoms with Gasteiger partial charge in [-0.05, 0) is 44.5 Å². The first-order valence-electron chi connectivity index (χ1n) is 9.31. The predicted molar refractivity (Wildman–Crippen MR) is 120 cm³/mol. The first-order chi connectivity index (χ1) is 14.6. The monoisotopic (exact) mass is 459 g/mol. The van der Waals surface area contributed by atoms with Crippen molar-refractivity contribution in [1.82, 2.24) is 15.2 Å². The van der Waals surface area contributed by atoms with Crippen LogP contribution >= 0.6 is 11.6 Å². The first kappa shape index (κ1) is 22.7. The zero-order valence-electron chi connectivity index (χ0n) is 17.3. The van der Waals surface area contributed by atoms with Crippen LogP contribution in [-0.2, 0) is 16.6 Å². The third-order valence-corrected chi connectivity index (χ3v) is 6.14. The molecule has 0 atom stereocenters. The number of primary sulfonamides is 1. The Kier molecular flexibility index (Phi) is 6.59. The lowest BCUT2D eigenvalue weighted by atomic mass is 10.1. The van der Waals surface area contributed by atoms with E-state index >= 15 is 0 Å². The minimum Gasteiger partial charge on any atom is -0.267 e. The van der Waals surface area contributed by atoms with Gasteiger partial charge in [0.05, 0.1) is 23.5 Å². The quantitative estimate of drug-likeness (QED) is 0.435. The average Bonchev–Trinajstić information content (AvgIpc) is 2.96. The van der Waals surface area contributed by atoms with E-state index < -0.39 is 15.9 Å². The number of halogens is 1. The molecule has 1 aromatic heterocycles. The molecule has 0 saturated carbocycles. The molecular weight excluding hydrogens is 438 g/mol. The number of aryl methyl sites for hydroxylation is 2. The van der Waals surface area contributed by atoms with Gasteiger partial charge in [0, 0.05) is 16.8 Å². The molecule has 0 aliphatic heterocycles. The standard InChI is InChI=1S/C21H22ClN5O3S/c1-13-4-6-16(7-5-13)12-27-15(3)18(14(2)26-27)11-24-25-21(28)17-8-9-19(22)20(10-17)31(23,29)30/h4-11H,12H2,1-3H3,(H,25,28)(H2,23,29,30)/b24-11-. The van der Waals surface area contributed by atoms with Gasteiger partial charge in [-0.3, -0.25) is 9.48 Å². The Hall–Kier alpha value is -3.01. The minimum absolute atomic E-state index is 0.0604. The van der Waals surface area contributed by atoms with Crippen LogP contribution in [0.2, 0.25) is 5.02 Å². The fourth-order valence-corrected chi connectivity index (χ4v) is 4.07. The largest absolute Gasteiger partial charge is 0.271 e. The van der Waals surface area contributed by atoms with Gasteiger partial charge >= 0.3 is 0 Å². The number of hydrogen-bond acceptors (Lipinski definition) is 5. The predicted octanol–water partition coefficient (Wildman–Crippen LogP) is 2.92. The van der Waals surface area contributed by atoms with E-state index in [0.717, 1.165) is 28.6 Å². The molecular formula is C21H22ClN5O3S. The van der Waals surface area contributed by atoms with Gasteiger partial charge in [0.15, 0.2) is 0 Å². The summed E-state index contributed by atoms with van der Waals surface area (Å²) in [5.74, 6) is -0.597. The number of carbonyl (C=O) groups excluding carboxylic acids is 1. The SMILES string of the molecule is Cc1ccc(Cn2nc(C)c(/C=N\NC(=O)c3ccc(Cl)c(S(N)(=O)=O)c3)c2C)cc1. The lowest BCUT2D eigenvalue weighted by Crippen LogP contribution is -2.19. The van der Waals surface area contributed by atoms with Gasteiger partial charge in [0.1, 0.15) is 4.90 Å². The Bertz CT molecular complexity index is 1260. The number of hydrogen-bond donors (Lipinski definition) is 2. The molecule has 0 aliphatic carbocycles. The topological polar surface area (TPSA) is 119 Å². The molecule has 0 aliphatic rings. The van der Waals surface area contributed by atoms with Crippen molar-refractivity contribution in [1.29, 1.82) is 0 Å². The van der Waals surface area contributed by atoms with E-state index in [2.05, 4.69) is 39.9 Å². The van der Waals surface area contributed by atoms with Crippen molar-refractivity contribution < 1.29 is 13.2 Å². The number of benzene rings is 2. The molecule has 3 aromatic rings. The lowest BCUT2D eigenvalue weighted by molar-refractivity contribution is 0.0955. The molecule has 0 fully saturated rings. The fourth-order valence-electron chi connectivity index (χ4n) is 3.00. The summed E-state index contributed by atoms with van der Waals surface area (Å²) in [6.45, 7) is 6.44. The van der Waals surface area contributed by atoms with Gasteiger partial charge in [-0.2, -0.15) is 10.2 Å². The third-order valence-electron chi connectivity index (χ3n) is 4.75. The summed E-state index contributed by atoms with van der Waals surface area (Å²) in [7, 11) is -4.05. The normalized spacial score (nSPS) is 11.8. The Morgan fingerprint density at radius 1 is 1.19 bits per heavy atom. The highest BCUT2D eigenvalue weighted by atomic mass is 35.5. The van der Waals surface area contributed by atoms with E-state index in [1.165, 1.54) is 23.9 Å². The highest BCUT2D eigenvalue weighted by Gasteiger charge is 2.16. The van der Waals surface area contributed by atoms with Crippen LogP contribution in [0.5, 0.6) is 0 Å². The number of carbonyl (C=O) groups is 1. The Labute approximate surface area is 185 Å². The zero-order chi connectivity index (χ0) is 22.8.